The molecule has 1 spiro atoms. The number of para-hydroxylation sites is 1. The van der Waals surface area contributed by atoms with Crippen molar-refractivity contribution in [3.8, 4) is 5.75 Å². The zero-order chi connectivity index (χ0) is 52.2. The van der Waals surface area contributed by atoms with E-state index in [0.29, 0.717) is 82.6 Å². The summed E-state index contributed by atoms with van der Waals surface area (Å²) in [6, 6.07) is 11.0. The first-order chi connectivity index (χ1) is 34.8. The molecular formula is C52H64N10O11. The van der Waals surface area contributed by atoms with Crippen LogP contribution in [0.25, 0.3) is 16.6 Å². The molecule has 8 heterocycles. The molecule has 2 saturated heterocycles. The summed E-state index contributed by atoms with van der Waals surface area (Å²) in [6.45, 7) is 8.62. The Labute approximate surface area is 421 Å². The number of nitrogens with zero attached hydrogens (tertiary/aromatic N) is 8. The number of nitrogens with two attached hydrogens (primary N) is 1. The number of aromatic amines is 1. The number of hydrogen-bond acceptors (Lipinski definition) is 17. The Hall–Kier alpha value is -6.68. The number of esters is 3. The molecule has 3 aromatic heterocycles. The van der Waals surface area contributed by atoms with Crippen molar-refractivity contribution in [3.63, 3.8) is 0 Å². The van der Waals surface area contributed by atoms with E-state index in [9.17, 15) is 29.4 Å². The summed E-state index contributed by atoms with van der Waals surface area (Å²) in [5.74, 6) is -2.30. The molecule has 2 bridgehead atoms. The fourth-order valence-corrected chi connectivity index (χ4v) is 14.6. The highest BCUT2D eigenvalue weighted by molar-refractivity contribution is 5.97. The van der Waals surface area contributed by atoms with Gasteiger partial charge in [0.2, 0.25) is 5.60 Å². The largest absolute Gasteiger partial charge is 0.496 e. The number of likely N-dealkylation sites (N-methyl/N-ethyl adjacent to an activating group) is 1. The number of rotatable bonds is 8. The van der Waals surface area contributed by atoms with Gasteiger partial charge in [-0.25, -0.2) is 19.0 Å². The lowest BCUT2D eigenvalue weighted by molar-refractivity contribution is -0.228. The minimum atomic E-state index is -2.30. The van der Waals surface area contributed by atoms with E-state index in [0.717, 1.165) is 42.5 Å². The maximum Gasteiger partial charge on any atom is 0.352 e. The highest BCUT2D eigenvalue weighted by atomic mass is 16.6. The smallest absolute Gasteiger partial charge is 0.352 e. The Balaban J connectivity index is 0.000000376. The summed E-state index contributed by atoms with van der Waals surface area (Å²) >= 11 is 0. The van der Waals surface area contributed by atoms with E-state index in [2.05, 4.69) is 54.4 Å². The van der Waals surface area contributed by atoms with Gasteiger partial charge in [-0.15, -0.1) is 5.10 Å². The van der Waals surface area contributed by atoms with E-state index in [1.807, 2.05) is 50.1 Å². The third kappa shape index (κ3) is 7.01. The number of aryl methyl sites for hydroxylation is 1. The Kier molecular flexibility index (Phi) is 12.1. The number of primary amides is 1. The second-order valence-electron chi connectivity index (χ2n) is 20.9. The normalized spacial score (nSPS) is 31.9. The average molecular weight is 1010 g/mol. The molecule has 6 aliphatic rings. The summed E-state index contributed by atoms with van der Waals surface area (Å²) in [7, 11) is 7.60. The quantitative estimate of drug-likeness (QED) is 0.0983. The highest BCUT2D eigenvalue weighted by Gasteiger charge is 2.80. The second kappa shape index (κ2) is 17.8. The molecule has 21 heteroatoms. The van der Waals surface area contributed by atoms with Crippen LogP contribution >= 0.6 is 0 Å². The Morgan fingerprint density at radius 1 is 0.959 bits per heavy atom. The van der Waals surface area contributed by atoms with Crippen molar-refractivity contribution >= 4 is 46.1 Å². The number of carbonyl (C=O) groups excluding carboxylic acids is 4. The number of anilines is 1. The van der Waals surface area contributed by atoms with Crippen molar-refractivity contribution in [1.82, 2.24) is 39.2 Å². The molecule has 10 atom stereocenters. The molecule has 5 aromatic rings. The van der Waals surface area contributed by atoms with Gasteiger partial charge >= 0.3 is 23.6 Å². The molecule has 21 nitrogen and oxygen atoms in total. The SMILES string of the molecule is CC[C@]1(O)C[C@@H]2CN(CCc3c([nH]c4ccccc34)[C@@](C(=O)OC)(c3cc4c(cc3OC)N(C)[C@H]3[C@@](O)(C(=O)OC)[C@H](OC(C)=O)[C@]5(CC)C=CCN6CC[C@]43[C@@H]65)C2)C1.Cn1nnc2c(C(N)=O)ncn2c1=O. The highest BCUT2D eigenvalue weighted by Crippen LogP contribution is 2.68. The zero-order valence-electron chi connectivity index (χ0n) is 42.5. The lowest BCUT2D eigenvalue weighted by atomic mass is 9.47. The van der Waals surface area contributed by atoms with Crippen LogP contribution in [0, 0.1) is 11.3 Å². The van der Waals surface area contributed by atoms with Crippen LogP contribution in [0.3, 0.4) is 0 Å². The number of aromatic nitrogens is 6. The number of benzene rings is 2. The molecule has 1 aliphatic carbocycles. The van der Waals surface area contributed by atoms with Crippen molar-refractivity contribution in [2.75, 3.05) is 66.0 Å². The number of ether oxygens (including phenoxy) is 4. The minimum absolute atomic E-state index is 0.0600. The number of hydrogen-bond donors (Lipinski definition) is 4. The van der Waals surface area contributed by atoms with Gasteiger partial charge in [-0.3, -0.25) is 24.2 Å². The number of amides is 1. The Bertz CT molecular complexity index is 3170. The van der Waals surface area contributed by atoms with E-state index in [4.69, 9.17) is 24.7 Å². The lowest BCUT2D eigenvalue weighted by Gasteiger charge is -2.63. The van der Waals surface area contributed by atoms with E-state index >= 15 is 4.79 Å². The van der Waals surface area contributed by atoms with Crippen LogP contribution in [0.1, 0.15) is 85.7 Å². The molecule has 11 rings (SSSR count). The number of piperidine rings is 1. The Morgan fingerprint density at radius 2 is 1.71 bits per heavy atom. The average Bonchev–Trinajstić information content (AvgIpc) is 4.16. The van der Waals surface area contributed by atoms with Crippen LogP contribution < -0.4 is 21.1 Å². The molecule has 1 unspecified atom stereocenters. The molecule has 0 radical (unpaired) electrons. The Morgan fingerprint density at radius 3 is 2.40 bits per heavy atom. The van der Waals surface area contributed by atoms with Gasteiger partial charge in [0.25, 0.3) is 5.91 Å². The first kappa shape index (κ1) is 49.9. The molecular weight excluding hydrogens is 941 g/mol. The third-order valence-corrected chi connectivity index (χ3v) is 17.3. The molecule has 5 N–H and O–H groups in total. The molecule has 1 saturated carbocycles. The predicted octanol–water partition coefficient (Wildman–Crippen LogP) is 1.91. The number of methoxy groups -OCH3 is 3. The summed E-state index contributed by atoms with van der Waals surface area (Å²) in [5.41, 5.74) is 2.97. The van der Waals surface area contributed by atoms with Gasteiger partial charge in [-0.2, -0.15) is 4.68 Å². The van der Waals surface area contributed by atoms with Crippen LogP contribution in [0.15, 0.2) is 59.7 Å². The third-order valence-electron chi connectivity index (χ3n) is 17.3. The van der Waals surface area contributed by atoms with Gasteiger partial charge in [-0.1, -0.05) is 49.4 Å². The van der Waals surface area contributed by atoms with Crippen molar-refractivity contribution < 1.29 is 48.3 Å². The second-order valence-corrected chi connectivity index (χ2v) is 20.9. The summed E-state index contributed by atoms with van der Waals surface area (Å²) < 4.78 is 26.1. The fourth-order valence-electron chi connectivity index (χ4n) is 14.6. The van der Waals surface area contributed by atoms with E-state index in [-0.39, 0.29) is 23.3 Å². The van der Waals surface area contributed by atoms with Crippen molar-refractivity contribution in [3.05, 3.63) is 93.4 Å². The van der Waals surface area contributed by atoms with Gasteiger partial charge in [0.05, 0.1) is 33.0 Å². The number of carbonyl (C=O) groups is 4. The number of H-pyrrole nitrogens is 1. The topological polar surface area (TPSA) is 262 Å². The maximum atomic E-state index is 15.3. The summed E-state index contributed by atoms with van der Waals surface area (Å²) in [6.07, 6.45) is 7.13. The van der Waals surface area contributed by atoms with Gasteiger partial charge in [-0.05, 0) is 74.2 Å². The first-order valence-electron chi connectivity index (χ1n) is 24.9. The maximum absolute atomic E-state index is 15.3. The number of nitrogens with one attached hydrogen (secondary N) is 1. The number of fused-ring (bicyclic) bond motifs is 7. The van der Waals surface area contributed by atoms with Crippen molar-refractivity contribution in [2.45, 2.75) is 99.5 Å². The predicted molar refractivity (Wildman–Crippen MR) is 265 cm³/mol. The van der Waals surface area contributed by atoms with Gasteiger partial charge < -0.3 is 44.8 Å². The molecule has 73 heavy (non-hydrogen) atoms. The minimum Gasteiger partial charge on any atom is -0.496 e. The number of aliphatic hydroxyl groups is 2. The van der Waals surface area contributed by atoms with E-state index in [1.54, 1.807) is 7.11 Å². The number of imidazole rings is 1. The van der Waals surface area contributed by atoms with Gasteiger partial charge in [0.1, 0.15) is 17.5 Å². The lowest BCUT2D eigenvalue weighted by Crippen LogP contribution is -2.81. The van der Waals surface area contributed by atoms with Crippen molar-refractivity contribution in [1.29, 1.82) is 0 Å². The fraction of sp³-hybridized carbons (Fsp3) is 0.538. The summed E-state index contributed by atoms with van der Waals surface area (Å²) in [4.78, 5) is 79.1. The van der Waals surface area contributed by atoms with Crippen LogP contribution in [-0.4, -0.2) is 164 Å². The molecule has 2 aromatic carbocycles. The first-order valence-corrected chi connectivity index (χ1v) is 24.9. The van der Waals surface area contributed by atoms with E-state index in [1.165, 1.54) is 34.5 Å². The zero-order valence-corrected chi connectivity index (χ0v) is 42.5. The standard InChI is InChI=1S/C46H58N4O9.C6H6N6O2/c1-8-42(54)23-28-24-45(40(52)57-6,36-30(15-19-49(25-28)26-42)29-13-10-11-14-33(29)47-36)32-21-31-34(22-35(32)56-5)48(4)38-44(31)17-20-50-18-12-16-43(9-2,37(44)50)39(59-27(3)51)46(38,55)41(53)58-7;1-11-6(14)12-2-8-3(4(7)13)5(12)9-10-11/h10-14,16,21-22,28,37-39,47,54-55H,8-9,15,17-20,23-26H2,1-7H3;2H,1H3,(H2,7,13)/t28-,37-,38+,39+,42-,43+,44+,45-,46-;/m0./s1. The monoisotopic (exact) mass is 1000 g/mol. The van der Waals surface area contributed by atoms with Crippen molar-refractivity contribution in [2.24, 2.45) is 24.1 Å². The van der Waals surface area contributed by atoms with Crippen LogP contribution in [0.2, 0.25) is 0 Å². The molecule has 1 amide bonds. The molecule has 3 fully saturated rings. The van der Waals surface area contributed by atoms with Crippen LogP contribution in [0.4, 0.5) is 5.69 Å². The van der Waals surface area contributed by atoms with E-state index < -0.39 is 69.1 Å². The van der Waals surface area contributed by atoms with Crippen LogP contribution in [-0.2, 0) is 52.9 Å². The molecule has 5 aliphatic heterocycles. The van der Waals surface area contributed by atoms with Gasteiger partial charge in [0, 0.05) is 98.0 Å². The van der Waals surface area contributed by atoms with Crippen LogP contribution in [0.5, 0.6) is 5.75 Å². The molecule has 388 valence electrons. The van der Waals surface area contributed by atoms with Gasteiger partial charge in [0.15, 0.2) is 17.4 Å². The summed E-state index contributed by atoms with van der Waals surface area (Å²) in [5, 5.41) is 33.5.